The minimum Gasteiger partial charge on any atom is -0.481 e. The number of carboxylic acids is 1. The smallest absolute Gasteiger partial charge is 0.306 e. The first-order valence-corrected chi connectivity index (χ1v) is 5.30. The van der Waals surface area contributed by atoms with Crippen molar-refractivity contribution in [2.45, 2.75) is 52.4 Å². The molecule has 0 aromatic heterocycles. The SMILES string of the molecule is CCC[C@@H](CCCCC(C)=O)C(=O)O. The average Bonchev–Trinajstić information content (AvgIpc) is 2.09. The first-order chi connectivity index (χ1) is 6.57. The Labute approximate surface area is 85.5 Å². The lowest BCUT2D eigenvalue weighted by Crippen LogP contribution is -2.13. The van der Waals surface area contributed by atoms with Crippen LogP contribution in [0.25, 0.3) is 0 Å². The zero-order valence-corrected chi connectivity index (χ0v) is 9.08. The molecule has 3 nitrogen and oxygen atoms in total. The molecule has 0 spiro atoms. The monoisotopic (exact) mass is 200 g/mol. The maximum absolute atomic E-state index is 10.8. The van der Waals surface area contributed by atoms with Gasteiger partial charge in [0.05, 0.1) is 5.92 Å². The Morgan fingerprint density at radius 1 is 1.21 bits per heavy atom. The standard InChI is InChI=1S/C11H20O3/c1-3-6-10(11(13)14)8-5-4-7-9(2)12/h10H,3-8H2,1-2H3,(H,13,14)/t10-/m0/s1. The van der Waals surface area contributed by atoms with Crippen molar-refractivity contribution in [2.75, 3.05) is 0 Å². The highest BCUT2D eigenvalue weighted by molar-refractivity contribution is 5.75. The van der Waals surface area contributed by atoms with Crippen molar-refractivity contribution in [3.63, 3.8) is 0 Å². The van der Waals surface area contributed by atoms with Crippen LogP contribution < -0.4 is 0 Å². The van der Waals surface area contributed by atoms with Gasteiger partial charge in [0.1, 0.15) is 5.78 Å². The number of unbranched alkanes of at least 4 members (excludes halogenated alkanes) is 1. The van der Waals surface area contributed by atoms with Crippen LogP contribution in [0.1, 0.15) is 52.4 Å². The third-order valence-corrected chi connectivity index (χ3v) is 2.32. The predicted octanol–water partition coefficient (Wildman–Crippen LogP) is 2.64. The molecule has 3 heteroatoms. The Kier molecular flexibility index (Phi) is 7.07. The number of carbonyl (C=O) groups excluding carboxylic acids is 1. The lowest BCUT2D eigenvalue weighted by atomic mass is 9.96. The van der Waals surface area contributed by atoms with Crippen LogP contribution in [-0.4, -0.2) is 16.9 Å². The third kappa shape index (κ3) is 6.63. The summed E-state index contributed by atoms with van der Waals surface area (Å²) in [7, 11) is 0. The molecule has 0 fully saturated rings. The largest absolute Gasteiger partial charge is 0.481 e. The van der Waals surface area contributed by atoms with E-state index in [0.29, 0.717) is 12.8 Å². The van der Waals surface area contributed by atoms with Gasteiger partial charge in [-0.3, -0.25) is 4.79 Å². The zero-order chi connectivity index (χ0) is 11.0. The quantitative estimate of drug-likeness (QED) is 0.613. The summed E-state index contributed by atoms with van der Waals surface area (Å²) in [6.07, 6.45) is 4.60. The van der Waals surface area contributed by atoms with E-state index in [9.17, 15) is 9.59 Å². The molecule has 0 amide bonds. The van der Waals surface area contributed by atoms with Crippen LogP contribution in [0.2, 0.25) is 0 Å². The van der Waals surface area contributed by atoms with Crippen molar-refractivity contribution in [2.24, 2.45) is 5.92 Å². The van der Waals surface area contributed by atoms with Crippen LogP contribution in [-0.2, 0) is 9.59 Å². The lowest BCUT2D eigenvalue weighted by molar-refractivity contribution is -0.142. The Bertz CT molecular complexity index is 187. The normalized spacial score (nSPS) is 12.4. The number of ketones is 1. The molecule has 0 aromatic carbocycles. The molecule has 14 heavy (non-hydrogen) atoms. The minimum absolute atomic E-state index is 0.187. The molecule has 0 aliphatic heterocycles. The molecule has 0 heterocycles. The molecule has 0 saturated heterocycles. The van der Waals surface area contributed by atoms with Crippen molar-refractivity contribution in [1.82, 2.24) is 0 Å². The van der Waals surface area contributed by atoms with Crippen LogP contribution in [0.15, 0.2) is 0 Å². The Morgan fingerprint density at radius 3 is 2.29 bits per heavy atom. The highest BCUT2D eigenvalue weighted by Crippen LogP contribution is 2.15. The molecule has 1 N–H and O–H groups in total. The number of aliphatic carboxylic acids is 1. The molecule has 0 aliphatic carbocycles. The second-order valence-corrected chi connectivity index (χ2v) is 3.77. The summed E-state index contributed by atoms with van der Waals surface area (Å²) in [5.74, 6) is -0.728. The van der Waals surface area contributed by atoms with Gasteiger partial charge in [0.2, 0.25) is 0 Å². The second kappa shape index (κ2) is 7.54. The van der Waals surface area contributed by atoms with Crippen LogP contribution in [0.4, 0.5) is 0 Å². The predicted molar refractivity (Wildman–Crippen MR) is 55.2 cm³/mol. The summed E-state index contributed by atoms with van der Waals surface area (Å²) in [5, 5.41) is 8.85. The molecular weight excluding hydrogens is 180 g/mol. The van der Waals surface area contributed by atoms with E-state index >= 15 is 0 Å². The number of hydrogen-bond donors (Lipinski definition) is 1. The number of carboxylic acid groups (broad SMARTS) is 1. The molecule has 0 unspecified atom stereocenters. The van der Waals surface area contributed by atoms with E-state index in [4.69, 9.17) is 5.11 Å². The molecule has 1 atom stereocenters. The van der Waals surface area contributed by atoms with E-state index in [0.717, 1.165) is 25.7 Å². The first-order valence-electron chi connectivity index (χ1n) is 5.30. The second-order valence-electron chi connectivity index (χ2n) is 3.77. The van der Waals surface area contributed by atoms with Gasteiger partial charge in [0, 0.05) is 6.42 Å². The molecule has 0 radical (unpaired) electrons. The Hall–Kier alpha value is -0.860. The van der Waals surface area contributed by atoms with Gasteiger partial charge in [-0.05, 0) is 26.2 Å². The van der Waals surface area contributed by atoms with Crippen molar-refractivity contribution in [3.8, 4) is 0 Å². The molecule has 82 valence electrons. The van der Waals surface area contributed by atoms with Crippen molar-refractivity contribution in [3.05, 3.63) is 0 Å². The number of hydrogen-bond acceptors (Lipinski definition) is 2. The van der Waals surface area contributed by atoms with E-state index in [1.165, 1.54) is 0 Å². The molecule has 0 aliphatic rings. The Morgan fingerprint density at radius 2 is 1.86 bits per heavy atom. The minimum atomic E-state index is -0.699. The molecule has 0 saturated carbocycles. The van der Waals surface area contributed by atoms with Gasteiger partial charge in [-0.25, -0.2) is 0 Å². The summed E-state index contributed by atoms with van der Waals surface area (Å²) < 4.78 is 0. The van der Waals surface area contributed by atoms with Gasteiger partial charge in [0.25, 0.3) is 0 Å². The van der Waals surface area contributed by atoms with Gasteiger partial charge in [-0.2, -0.15) is 0 Å². The van der Waals surface area contributed by atoms with Gasteiger partial charge in [-0.15, -0.1) is 0 Å². The fourth-order valence-corrected chi connectivity index (χ4v) is 1.50. The summed E-state index contributed by atoms with van der Waals surface area (Å²) in [5.41, 5.74) is 0. The lowest BCUT2D eigenvalue weighted by Gasteiger charge is -2.09. The van der Waals surface area contributed by atoms with Crippen molar-refractivity contribution in [1.29, 1.82) is 0 Å². The van der Waals surface area contributed by atoms with Gasteiger partial charge < -0.3 is 9.90 Å². The molecule has 0 rings (SSSR count). The van der Waals surface area contributed by atoms with E-state index in [1.807, 2.05) is 6.92 Å². The fraction of sp³-hybridized carbons (Fsp3) is 0.818. The third-order valence-electron chi connectivity index (χ3n) is 2.32. The fourth-order valence-electron chi connectivity index (χ4n) is 1.50. The van der Waals surface area contributed by atoms with Gasteiger partial charge >= 0.3 is 5.97 Å². The number of carbonyl (C=O) groups is 2. The topological polar surface area (TPSA) is 54.4 Å². The number of rotatable bonds is 8. The maximum atomic E-state index is 10.8. The highest BCUT2D eigenvalue weighted by Gasteiger charge is 2.15. The van der Waals surface area contributed by atoms with Gasteiger partial charge in [-0.1, -0.05) is 19.8 Å². The first kappa shape index (κ1) is 13.1. The number of Topliss-reactive ketones (excluding diaryl/α,β-unsaturated/α-hetero) is 1. The van der Waals surface area contributed by atoms with Crippen LogP contribution >= 0.6 is 0 Å². The maximum Gasteiger partial charge on any atom is 0.306 e. The summed E-state index contributed by atoms with van der Waals surface area (Å²) >= 11 is 0. The molecular formula is C11H20O3. The van der Waals surface area contributed by atoms with E-state index < -0.39 is 5.97 Å². The van der Waals surface area contributed by atoms with Crippen molar-refractivity contribution >= 4 is 11.8 Å². The summed E-state index contributed by atoms with van der Waals surface area (Å²) in [4.78, 5) is 21.4. The van der Waals surface area contributed by atoms with E-state index in [-0.39, 0.29) is 11.7 Å². The van der Waals surface area contributed by atoms with Gasteiger partial charge in [0.15, 0.2) is 0 Å². The molecule has 0 aromatic rings. The van der Waals surface area contributed by atoms with Crippen molar-refractivity contribution < 1.29 is 14.7 Å². The summed E-state index contributed by atoms with van der Waals surface area (Å²) in [6, 6.07) is 0. The van der Waals surface area contributed by atoms with Crippen LogP contribution in [0, 0.1) is 5.92 Å². The zero-order valence-electron chi connectivity index (χ0n) is 9.08. The average molecular weight is 200 g/mol. The molecule has 0 bridgehead atoms. The highest BCUT2D eigenvalue weighted by atomic mass is 16.4. The summed E-state index contributed by atoms with van der Waals surface area (Å²) in [6.45, 7) is 3.56. The van der Waals surface area contributed by atoms with Crippen LogP contribution in [0.3, 0.4) is 0 Å². The van der Waals surface area contributed by atoms with E-state index in [1.54, 1.807) is 6.92 Å². The van der Waals surface area contributed by atoms with E-state index in [2.05, 4.69) is 0 Å². The Balaban J connectivity index is 3.61. The van der Waals surface area contributed by atoms with Crippen LogP contribution in [0.5, 0.6) is 0 Å².